The smallest absolute Gasteiger partial charge is 0.250 e. The highest BCUT2D eigenvalue weighted by Gasteiger charge is 2.07. The van der Waals surface area contributed by atoms with Crippen molar-refractivity contribution >= 4 is 28.5 Å². The fraction of sp³-hybridized carbons (Fsp3) is 0.182. The number of aromatic nitrogens is 1. The first-order valence-corrected chi connectivity index (χ1v) is 9.77. The van der Waals surface area contributed by atoms with E-state index in [-0.39, 0.29) is 5.91 Å². The van der Waals surface area contributed by atoms with Crippen LogP contribution in [0.3, 0.4) is 0 Å². The zero-order valence-electron chi connectivity index (χ0n) is 15.4. The van der Waals surface area contributed by atoms with Crippen LogP contribution in [0.5, 0.6) is 5.75 Å². The molecule has 0 bridgehead atoms. The molecule has 1 amide bonds. The second kappa shape index (κ2) is 9.14. The summed E-state index contributed by atoms with van der Waals surface area (Å²) < 4.78 is 5.70. The Bertz CT molecular complexity index is 929. The van der Waals surface area contributed by atoms with Gasteiger partial charge in [-0.1, -0.05) is 55.0 Å². The molecule has 0 saturated heterocycles. The van der Waals surface area contributed by atoms with E-state index in [9.17, 15) is 4.79 Å². The number of carbonyl (C=O) groups is 1. The zero-order chi connectivity index (χ0) is 19.1. The lowest BCUT2D eigenvalue weighted by Crippen LogP contribution is -2.07. The molecule has 3 rings (SSSR count). The average Bonchev–Trinajstić information content (AvgIpc) is 3.14. The number of anilines is 1. The Balaban J connectivity index is 1.65. The predicted molar refractivity (Wildman–Crippen MR) is 112 cm³/mol. The van der Waals surface area contributed by atoms with Crippen LogP contribution < -0.4 is 10.1 Å². The normalized spacial score (nSPS) is 10.9. The molecule has 0 radical (unpaired) electrons. The number of para-hydroxylation sites is 1. The molecule has 1 aromatic heterocycles. The van der Waals surface area contributed by atoms with Gasteiger partial charge >= 0.3 is 0 Å². The van der Waals surface area contributed by atoms with Gasteiger partial charge < -0.3 is 4.74 Å². The quantitative estimate of drug-likeness (QED) is 0.548. The van der Waals surface area contributed by atoms with Gasteiger partial charge in [0.2, 0.25) is 5.91 Å². The monoisotopic (exact) mass is 378 g/mol. The minimum atomic E-state index is -0.217. The number of rotatable bonds is 7. The van der Waals surface area contributed by atoms with Crippen molar-refractivity contribution in [3.05, 3.63) is 71.1 Å². The summed E-state index contributed by atoms with van der Waals surface area (Å²) in [6, 6.07) is 15.8. The Morgan fingerprint density at radius 2 is 1.96 bits per heavy atom. The topological polar surface area (TPSA) is 51.2 Å². The third kappa shape index (κ3) is 5.28. The van der Waals surface area contributed by atoms with Gasteiger partial charge in [-0.05, 0) is 25.5 Å². The maximum atomic E-state index is 12.2. The van der Waals surface area contributed by atoms with Crippen LogP contribution >= 0.6 is 11.3 Å². The number of hydrogen-bond donors (Lipinski definition) is 1. The van der Waals surface area contributed by atoms with Gasteiger partial charge in [-0.15, -0.1) is 11.3 Å². The molecule has 0 fully saturated rings. The first-order valence-electron chi connectivity index (χ1n) is 8.89. The highest BCUT2D eigenvalue weighted by Crippen LogP contribution is 2.25. The molecule has 2 aromatic carbocycles. The molecule has 1 N–H and O–H groups in total. The molecule has 3 aromatic rings. The van der Waals surface area contributed by atoms with E-state index in [1.807, 2.05) is 60.8 Å². The molecule has 0 aliphatic carbocycles. The summed E-state index contributed by atoms with van der Waals surface area (Å²) in [7, 11) is 0. The van der Waals surface area contributed by atoms with Crippen LogP contribution in [0.4, 0.5) is 5.13 Å². The first kappa shape index (κ1) is 18.9. The summed E-state index contributed by atoms with van der Waals surface area (Å²) in [5, 5.41) is 5.34. The number of amides is 1. The van der Waals surface area contributed by atoms with Crippen LogP contribution in [0.25, 0.3) is 17.3 Å². The van der Waals surface area contributed by atoms with Gasteiger partial charge in [-0.3, -0.25) is 10.1 Å². The Hall–Kier alpha value is -2.92. The second-order valence-corrected chi connectivity index (χ2v) is 6.97. The average molecular weight is 378 g/mol. The van der Waals surface area contributed by atoms with E-state index in [2.05, 4.69) is 17.2 Å². The fourth-order valence-electron chi connectivity index (χ4n) is 2.46. The summed E-state index contributed by atoms with van der Waals surface area (Å²) in [4.78, 5) is 16.7. The molecule has 0 aliphatic heterocycles. The van der Waals surface area contributed by atoms with Crippen molar-refractivity contribution < 1.29 is 9.53 Å². The maximum Gasteiger partial charge on any atom is 0.250 e. The minimum Gasteiger partial charge on any atom is -0.493 e. The van der Waals surface area contributed by atoms with Crippen LogP contribution in [-0.2, 0) is 4.79 Å². The van der Waals surface area contributed by atoms with Crippen LogP contribution in [0.1, 0.15) is 24.5 Å². The highest BCUT2D eigenvalue weighted by molar-refractivity contribution is 7.14. The Morgan fingerprint density at radius 1 is 1.19 bits per heavy atom. The highest BCUT2D eigenvalue weighted by atomic mass is 32.1. The molecule has 0 spiro atoms. The number of hydrogen-bond acceptors (Lipinski definition) is 4. The van der Waals surface area contributed by atoms with E-state index in [1.54, 1.807) is 6.08 Å². The number of nitrogens with one attached hydrogen (secondary N) is 1. The molecule has 0 atom stereocenters. The molecule has 0 saturated carbocycles. The SMILES string of the molecule is CCCOc1ccccc1C=CC(=O)Nc1nc(-c2ccc(C)cc2)cs1. The second-order valence-electron chi connectivity index (χ2n) is 6.11. The van der Waals surface area contributed by atoms with E-state index >= 15 is 0 Å². The third-order valence-corrected chi connectivity index (χ3v) is 4.63. The van der Waals surface area contributed by atoms with Crippen LogP contribution in [0.15, 0.2) is 60.0 Å². The lowest BCUT2D eigenvalue weighted by Gasteiger charge is -2.07. The first-order chi connectivity index (χ1) is 13.2. The molecular formula is C22H22N2O2S. The van der Waals surface area contributed by atoms with Crippen molar-refractivity contribution in [2.24, 2.45) is 0 Å². The molecule has 0 unspecified atom stereocenters. The van der Waals surface area contributed by atoms with Crippen molar-refractivity contribution in [2.45, 2.75) is 20.3 Å². The van der Waals surface area contributed by atoms with Crippen LogP contribution in [0, 0.1) is 6.92 Å². The van der Waals surface area contributed by atoms with E-state index in [1.165, 1.54) is 23.0 Å². The van der Waals surface area contributed by atoms with Gasteiger partial charge in [0.15, 0.2) is 5.13 Å². The molecule has 5 heteroatoms. The van der Waals surface area contributed by atoms with Crippen LogP contribution in [-0.4, -0.2) is 17.5 Å². The molecular weight excluding hydrogens is 356 g/mol. The predicted octanol–water partition coefficient (Wildman–Crippen LogP) is 5.56. The molecule has 0 aliphatic rings. The van der Waals surface area contributed by atoms with E-state index in [4.69, 9.17) is 4.74 Å². The molecule has 27 heavy (non-hydrogen) atoms. The van der Waals surface area contributed by atoms with Crippen molar-refractivity contribution in [1.82, 2.24) is 4.98 Å². The van der Waals surface area contributed by atoms with Gasteiger partial charge in [0.1, 0.15) is 5.75 Å². The lowest BCUT2D eigenvalue weighted by molar-refractivity contribution is -0.111. The van der Waals surface area contributed by atoms with Gasteiger partial charge in [0, 0.05) is 22.6 Å². The summed E-state index contributed by atoms with van der Waals surface area (Å²) in [5.74, 6) is 0.560. The fourth-order valence-corrected chi connectivity index (χ4v) is 3.18. The summed E-state index contributed by atoms with van der Waals surface area (Å²) in [6.45, 7) is 4.76. The number of nitrogens with zero attached hydrogens (tertiary/aromatic N) is 1. The van der Waals surface area contributed by atoms with Crippen molar-refractivity contribution in [1.29, 1.82) is 0 Å². The van der Waals surface area contributed by atoms with Gasteiger partial charge in [0.25, 0.3) is 0 Å². The zero-order valence-corrected chi connectivity index (χ0v) is 16.3. The minimum absolute atomic E-state index is 0.217. The summed E-state index contributed by atoms with van der Waals surface area (Å²) in [5.41, 5.74) is 3.98. The third-order valence-electron chi connectivity index (χ3n) is 3.88. The molecule has 138 valence electrons. The van der Waals surface area contributed by atoms with Gasteiger partial charge in [-0.25, -0.2) is 4.98 Å². The number of benzene rings is 2. The van der Waals surface area contributed by atoms with E-state index in [0.717, 1.165) is 29.0 Å². The number of thiazole rings is 1. The lowest BCUT2D eigenvalue weighted by atomic mass is 10.1. The van der Waals surface area contributed by atoms with Crippen LogP contribution in [0.2, 0.25) is 0 Å². The van der Waals surface area contributed by atoms with Crippen molar-refractivity contribution in [3.63, 3.8) is 0 Å². The molecule has 1 heterocycles. The Kier molecular flexibility index (Phi) is 6.39. The largest absolute Gasteiger partial charge is 0.493 e. The van der Waals surface area contributed by atoms with Crippen molar-refractivity contribution in [3.8, 4) is 17.0 Å². The summed E-state index contributed by atoms with van der Waals surface area (Å²) in [6.07, 6.45) is 4.20. The Labute approximate surface area is 163 Å². The maximum absolute atomic E-state index is 12.2. The molecule has 4 nitrogen and oxygen atoms in total. The van der Waals surface area contributed by atoms with E-state index in [0.29, 0.717) is 11.7 Å². The van der Waals surface area contributed by atoms with E-state index < -0.39 is 0 Å². The number of carbonyl (C=O) groups excluding carboxylic acids is 1. The Morgan fingerprint density at radius 3 is 2.74 bits per heavy atom. The van der Waals surface area contributed by atoms with Gasteiger partial charge in [0.05, 0.1) is 12.3 Å². The number of ether oxygens (including phenoxy) is 1. The van der Waals surface area contributed by atoms with Gasteiger partial charge in [-0.2, -0.15) is 0 Å². The van der Waals surface area contributed by atoms with Crippen molar-refractivity contribution in [2.75, 3.05) is 11.9 Å². The standard InChI is InChI=1S/C22H22N2O2S/c1-3-14-26-20-7-5-4-6-18(20)12-13-21(25)24-22-23-19(15-27-22)17-10-8-16(2)9-11-17/h4-13,15H,3,14H2,1-2H3,(H,23,24,25). The summed E-state index contributed by atoms with van der Waals surface area (Å²) >= 11 is 1.41. The number of aryl methyl sites for hydroxylation is 1.